The summed E-state index contributed by atoms with van der Waals surface area (Å²) in [7, 11) is 0. The van der Waals surface area contributed by atoms with E-state index in [1.165, 1.54) is 0 Å². The minimum absolute atomic E-state index is 0.0729. The highest BCUT2D eigenvalue weighted by molar-refractivity contribution is 6.31. The van der Waals surface area contributed by atoms with Crippen molar-refractivity contribution in [2.24, 2.45) is 0 Å². The van der Waals surface area contributed by atoms with Crippen LogP contribution in [0.15, 0.2) is 18.2 Å². The lowest BCUT2D eigenvalue weighted by Gasteiger charge is -2.25. The van der Waals surface area contributed by atoms with Gasteiger partial charge >= 0.3 is 0 Å². The van der Waals surface area contributed by atoms with Gasteiger partial charge in [-0.3, -0.25) is 4.79 Å². The third-order valence-corrected chi connectivity index (χ3v) is 2.91. The molecule has 0 bridgehead atoms. The summed E-state index contributed by atoms with van der Waals surface area (Å²) < 4.78 is 0. The molecule has 17 heavy (non-hydrogen) atoms. The second-order valence-corrected chi connectivity index (χ2v) is 5.85. The Morgan fingerprint density at radius 3 is 2.41 bits per heavy atom. The van der Waals surface area contributed by atoms with Crippen molar-refractivity contribution in [2.75, 3.05) is 0 Å². The van der Waals surface area contributed by atoms with Crippen LogP contribution in [0.1, 0.15) is 43.6 Å². The molecule has 0 aliphatic carbocycles. The van der Waals surface area contributed by atoms with Crippen LogP contribution in [0.25, 0.3) is 0 Å². The largest absolute Gasteiger partial charge is 0.303 e. The molecule has 0 spiro atoms. The van der Waals surface area contributed by atoms with Crippen molar-refractivity contribution in [3.8, 4) is 0 Å². The first-order valence-electron chi connectivity index (χ1n) is 5.79. The van der Waals surface area contributed by atoms with E-state index >= 15 is 0 Å². The molecule has 3 heteroatoms. The molecule has 0 saturated heterocycles. The minimum Gasteiger partial charge on any atom is -0.303 e. The molecule has 1 N–H and O–H groups in total. The summed E-state index contributed by atoms with van der Waals surface area (Å²) in [5.74, 6) is 0.0969. The number of aryl methyl sites for hydroxylation is 1. The summed E-state index contributed by atoms with van der Waals surface area (Å²) in [5, 5.41) is 3.96. The van der Waals surface area contributed by atoms with Gasteiger partial charge in [-0.1, -0.05) is 11.6 Å². The highest BCUT2D eigenvalue weighted by atomic mass is 35.5. The summed E-state index contributed by atoms with van der Waals surface area (Å²) in [6.45, 7) is 9.93. The molecule has 0 aliphatic rings. The fourth-order valence-corrected chi connectivity index (χ4v) is 1.88. The van der Waals surface area contributed by atoms with Crippen LogP contribution >= 0.6 is 11.6 Å². The third-order valence-electron chi connectivity index (χ3n) is 2.49. The minimum atomic E-state index is -0.199. The Morgan fingerprint density at radius 2 is 1.94 bits per heavy atom. The summed E-state index contributed by atoms with van der Waals surface area (Å²) in [5.41, 5.74) is 1.56. The highest BCUT2D eigenvalue weighted by Crippen LogP contribution is 2.17. The van der Waals surface area contributed by atoms with E-state index in [1.807, 2.05) is 40.7 Å². The van der Waals surface area contributed by atoms with Crippen molar-refractivity contribution in [2.45, 2.75) is 46.2 Å². The maximum atomic E-state index is 12.2. The molecule has 0 fully saturated rings. The van der Waals surface area contributed by atoms with E-state index in [4.69, 9.17) is 11.6 Å². The lowest BCUT2D eigenvalue weighted by molar-refractivity contribution is 0.0935. The molecular formula is C14H20ClNO. The summed E-state index contributed by atoms with van der Waals surface area (Å²) in [4.78, 5) is 12.2. The van der Waals surface area contributed by atoms with Gasteiger partial charge in [0, 0.05) is 16.1 Å². The zero-order chi connectivity index (χ0) is 13.2. The number of rotatable bonds is 3. The predicted octanol–water partition coefficient (Wildman–Crippen LogP) is 3.61. The SMILES string of the molecule is Cc1cc(C(=O)C(C)NC(C)(C)C)ccc1Cl. The number of hydrogen-bond donors (Lipinski definition) is 1. The van der Waals surface area contributed by atoms with Crippen LogP contribution in [-0.4, -0.2) is 17.4 Å². The van der Waals surface area contributed by atoms with E-state index in [2.05, 4.69) is 5.32 Å². The predicted molar refractivity (Wildman–Crippen MR) is 72.9 cm³/mol. The maximum absolute atomic E-state index is 12.2. The molecule has 0 radical (unpaired) electrons. The number of nitrogens with one attached hydrogen (secondary N) is 1. The van der Waals surface area contributed by atoms with Crippen LogP contribution in [0.4, 0.5) is 0 Å². The fraction of sp³-hybridized carbons (Fsp3) is 0.500. The first-order valence-corrected chi connectivity index (χ1v) is 6.16. The number of carbonyl (C=O) groups is 1. The average molecular weight is 254 g/mol. The first-order chi connectivity index (χ1) is 7.70. The monoisotopic (exact) mass is 253 g/mol. The number of ketones is 1. The zero-order valence-corrected chi connectivity index (χ0v) is 11.9. The van der Waals surface area contributed by atoms with Crippen LogP contribution in [0.5, 0.6) is 0 Å². The van der Waals surface area contributed by atoms with Crippen molar-refractivity contribution in [3.63, 3.8) is 0 Å². The molecule has 0 saturated carbocycles. The Morgan fingerprint density at radius 1 is 1.35 bits per heavy atom. The molecule has 1 atom stereocenters. The standard InChI is InChI=1S/C14H20ClNO/c1-9-8-11(6-7-12(9)15)13(17)10(2)16-14(3,4)5/h6-8,10,16H,1-5H3. The van der Waals surface area contributed by atoms with Gasteiger partial charge in [-0.05, 0) is 58.4 Å². The van der Waals surface area contributed by atoms with Gasteiger partial charge in [-0.2, -0.15) is 0 Å². The van der Waals surface area contributed by atoms with Crippen molar-refractivity contribution in [1.29, 1.82) is 0 Å². The van der Waals surface area contributed by atoms with Crippen LogP contribution in [0, 0.1) is 6.92 Å². The Kier molecular flexibility index (Phi) is 4.34. The summed E-state index contributed by atoms with van der Waals surface area (Å²) in [6, 6.07) is 5.19. The molecule has 0 aromatic heterocycles. The Bertz CT molecular complexity index is 421. The Labute approximate surface area is 108 Å². The van der Waals surface area contributed by atoms with Gasteiger partial charge in [0.2, 0.25) is 0 Å². The Balaban J connectivity index is 2.85. The summed E-state index contributed by atoms with van der Waals surface area (Å²) in [6.07, 6.45) is 0. The van der Waals surface area contributed by atoms with Gasteiger partial charge < -0.3 is 5.32 Å². The molecule has 2 nitrogen and oxygen atoms in total. The van der Waals surface area contributed by atoms with E-state index in [0.29, 0.717) is 10.6 Å². The number of benzene rings is 1. The fourth-order valence-electron chi connectivity index (χ4n) is 1.76. The topological polar surface area (TPSA) is 29.1 Å². The van der Waals surface area contributed by atoms with E-state index in [-0.39, 0.29) is 17.4 Å². The first kappa shape index (κ1) is 14.2. The molecule has 1 aromatic rings. The molecule has 0 aliphatic heterocycles. The molecular weight excluding hydrogens is 234 g/mol. The molecule has 0 heterocycles. The number of Topliss-reactive ketones (excluding diaryl/α,β-unsaturated/α-hetero) is 1. The smallest absolute Gasteiger partial charge is 0.179 e. The maximum Gasteiger partial charge on any atom is 0.179 e. The Hall–Kier alpha value is -0.860. The second kappa shape index (κ2) is 5.19. The van der Waals surface area contributed by atoms with Crippen LogP contribution in [-0.2, 0) is 0 Å². The van der Waals surface area contributed by atoms with E-state index in [0.717, 1.165) is 5.56 Å². The summed E-state index contributed by atoms with van der Waals surface area (Å²) >= 11 is 5.94. The molecule has 1 unspecified atom stereocenters. The van der Waals surface area contributed by atoms with Crippen molar-refractivity contribution in [1.82, 2.24) is 5.32 Å². The zero-order valence-electron chi connectivity index (χ0n) is 11.1. The van der Waals surface area contributed by atoms with Gasteiger partial charge in [-0.25, -0.2) is 0 Å². The van der Waals surface area contributed by atoms with Crippen molar-refractivity contribution in [3.05, 3.63) is 34.3 Å². The van der Waals surface area contributed by atoms with E-state index in [9.17, 15) is 4.79 Å². The number of halogens is 1. The highest BCUT2D eigenvalue weighted by Gasteiger charge is 2.20. The van der Waals surface area contributed by atoms with Crippen molar-refractivity contribution < 1.29 is 4.79 Å². The lowest BCUT2D eigenvalue weighted by atomic mass is 10.0. The van der Waals surface area contributed by atoms with Crippen LogP contribution in [0.3, 0.4) is 0 Å². The van der Waals surface area contributed by atoms with Gasteiger partial charge in [0.15, 0.2) is 5.78 Å². The van der Waals surface area contributed by atoms with Crippen LogP contribution in [0.2, 0.25) is 5.02 Å². The van der Waals surface area contributed by atoms with Gasteiger partial charge in [0.1, 0.15) is 0 Å². The third kappa shape index (κ3) is 4.14. The molecule has 94 valence electrons. The van der Waals surface area contributed by atoms with Crippen molar-refractivity contribution >= 4 is 17.4 Å². The number of hydrogen-bond acceptors (Lipinski definition) is 2. The van der Waals surface area contributed by atoms with Gasteiger partial charge in [0.05, 0.1) is 6.04 Å². The molecule has 1 rings (SSSR count). The van der Waals surface area contributed by atoms with Gasteiger partial charge in [0.25, 0.3) is 0 Å². The van der Waals surface area contributed by atoms with Gasteiger partial charge in [-0.15, -0.1) is 0 Å². The quantitative estimate of drug-likeness (QED) is 0.834. The van der Waals surface area contributed by atoms with Crippen LogP contribution < -0.4 is 5.32 Å². The number of carbonyl (C=O) groups excluding carboxylic acids is 1. The molecule has 1 aromatic carbocycles. The normalized spacial score (nSPS) is 13.5. The average Bonchev–Trinajstić information content (AvgIpc) is 2.18. The lowest BCUT2D eigenvalue weighted by Crippen LogP contribution is -2.46. The van der Waals surface area contributed by atoms with E-state index < -0.39 is 0 Å². The second-order valence-electron chi connectivity index (χ2n) is 5.44. The van der Waals surface area contributed by atoms with E-state index in [1.54, 1.807) is 12.1 Å². The molecule has 0 amide bonds.